The number of amides is 1. The predicted octanol–water partition coefficient (Wildman–Crippen LogP) is 1.95. The number of hydrogen-bond donors (Lipinski definition) is 4. The zero-order chi connectivity index (χ0) is 22.1. The minimum atomic E-state index is -0.667. The predicted molar refractivity (Wildman–Crippen MR) is 118 cm³/mol. The number of benzene rings is 2. The molecule has 0 fully saturated rings. The van der Waals surface area contributed by atoms with Crippen molar-refractivity contribution in [1.82, 2.24) is 5.32 Å². The van der Waals surface area contributed by atoms with Gasteiger partial charge >= 0.3 is 0 Å². The number of amidine groups is 1. The van der Waals surface area contributed by atoms with Crippen LogP contribution in [0.5, 0.6) is 5.75 Å². The molecule has 2 aromatic carbocycles. The molecule has 0 aliphatic carbocycles. The molecule has 2 atom stereocenters. The summed E-state index contributed by atoms with van der Waals surface area (Å²) in [4.78, 5) is 24.8. The number of ether oxygens (including phenoxy) is 1. The Labute approximate surface area is 177 Å². The van der Waals surface area contributed by atoms with Crippen molar-refractivity contribution in [2.24, 2.45) is 11.5 Å². The van der Waals surface area contributed by atoms with E-state index in [9.17, 15) is 9.59 Å². The maximum absolute atomic E-state index is 12.5. The van der Waals surface area contributed by atoms with Gasteiger partial charge in [0.15, 0.2) is 5.78 Å². The number of Topliss-reactive ketones (excluding diaryl/α,β-unsaturated/α-hetero) is 1. The van der Waals surface area contributed by atoms with Crippen LogP contribution in [0.1, 0.15) is 36.5 Å². The van der Waals surface area contributed by atoms with Gasteiger partial charge in [0.2, 0.25) is 5.91 Å². The molecule has 0 saturated carbocycles. The molecule has 0 aliphatic rings. The van der Waals surface area contributed by atoms with Crippen LogP contribution in [0.2, 0.25) is 0 Å². The van der Waals surface area contributed by atoms with E-state index in [1.807, 2.05) is 30.3 Å². The maximum atomic E-state index is 12.5. The third kappa shape index (κ3) is 6.70. The van der Waals surface area contributed by atoms with E-state index in [2.05, 4.69) is 5.32 Å². The summed E-state index contributed by atoms with van der Waals surface area (Å²) in [5, 5.41) is 10.2. The fraction of sp³-hybridized carbons (Fsp3) is 0.348. The quantitative estimate of drug-likeness (QED) is 0.332. The molecule has 2 aromatic rings. The number of nitrogens with two attached hydrogens (primary N) is 2. The van der Waals surface area contributed by atoms with E-state index < -0.39 is 12.1 Å². The number of hydrogen-bond acceptors (Lipinski definition) is 5. The zero-order valence-electron chi connectivity index (χ0n) is 17.5. The van der Waals surface area contributed by atoms with Crippen LogP contribution in [-0.2, 0) is 22.4 Å². The zero-order valence-corrected chi connectivity index (χ0v) is 17.5. The van der Waals surface area contributed by atoms with Gasteiger partial charge in [-0.15, -0.1) is 0 Å². The molecule has 0 aliphatic heterocycles. The van der Waals surface area contributed by atoms with Crippen molar-refractivity contribution in [3.8, 4) is 5.75 Å². The van der Waals surface area contributed by atoms with Crippen molar-refractivity contribution in [1.29, 1.82) is 5.41 Å². The number of rotatable bonds is 11. The lowest BCUT2D eigenvalue weighted by Crippen LogP contribution is -2.47. The average Bonchev–Trinajstić information content (AvgIpc) is 2.75. The summed E-state index contributed by atoms with van der Waals surface area (Å²) in [5.74, 6) is 0.123. The molecular weight excluding hydrogens is 380 g/mol. The van der Waals surface area contributed by atoms with Crippen LogP contribution < -0.4 is 21.5 Å². The second kappa shape index (κ2) is 11.1. The summed E-state index contributed by atoms with van der Waals surface area (Å²) in [5.41, 5.74) is 14.0. The first-order chi connectivity index (χ1) is 14.3. The Kier molecular flexibility index (Phi) is 8.55. The topological polar surface area (TPSA) is 131 Å². The van der Waals surface area contributed by atoms with Gasteiger partial charge in [-0.3, -0.25) is 15.0 Å². The first-order valence-corrected chi connectivity index (χ1v) is 9.95. The minimum Gasteiger partial charge on any atom is -0.496 e. The number of ketones is 1. The van der Waals surface area contributed by atoms with Crippen molar-refractivity contribution in [2.45, 2.75) is 44.7 Å². The summed E-state index contributed by atoms with van der Waals surface area (Å²) in [7, 11) is 1.53. The Morgan fingerprint density at radius 3 is 2.47 bits per heavy atom. The molecule has 160 valence electrons. The van der Waals surface area contributed by atoms with Crippen molar-refractivity contribution < 1.29 is 14.3 Å². The van der Waals surface area contributed by atoms with E-state index in [0.717, 1.165) is 11.1 Å². The van der Waals surface area contributed by atoms with Crippen LogP contribution in [0.4, 0.5) is 0 Å². The minimum absolute atomic E-state index is 0.0455. The number of carbonyl (C=O) groups excluding carboxylic acids is 2. The molecule has 0 aromatic heterocycles. The largest absolute Gasteiger partial charge is 0.496 e. The van der Waals surface area contributed by atoms with Gasteiger partial charge in [-0.1, -0.05) is 42.5 Å². The molecule has 0 spiro atoms. The second-order valence-corrected chi connectivity index (χ2v) is 7.27. The van der Waals surface area contributed by atoms with Gasteiger partial charge in [-0.05, 0) is 43.4 Å². The normalized spacial score (nSPS) is 12.6. The standard InChI is InChI=1S/C23H30N4O3/c1-15(27-23(29)19(24)12-8-16-6-4-3-5-7-16)20(28)13-11-17-9-10-18(22(25)26)14-21(17)30-2/h3-7,9-10,14-15,19H,8,11-13,24H2,1-2H3,(H3,25,26)(H,27,29)/t15-,19+/m0/s1. The van der Waals surface area contributed by atoms with Crippen LogP contribution in [0.25, 0.3) is 0 Å². The van der Waals surface area contributed by atoms with E-state index in [1.54, 1.807) is 25.1 Å². The molecular formula is C23H30N4O3. The highest BCUT2D eigenvalue weighted by atomic mass is 16.5. The Hall–Kier alpha value is -3.19. The third-order valence-electron chi connectivity index (χ3n) is 5.00. The number of aryl methyl sites for hydroxylation is 2. The Morgan fingerprint density at radius 1 is 1.13 bits per heavy atom. The molecule has 6 N–H and O–H groups in total. The van der Waals surface area contributed by atoms with Crippen molar-refractivity contribution >= 4 is 17.5 Å². The summed E-state index contributed by atoms with van der Waals surface area (Å²) in [6, 6.07) is 13.7. The summed E-state index contributed by atoms with van der Waals surface area (Å²) < 4.78 is 5.34. The van der Waals surface area contributed by atoms with E-state index in [4.69, 9.17) is 21.6 Å². The van der Waals surface area contributed by atoms with E-state index in [0.29, 0.717) is 30.6 Å². The van der Waals surface area contributed by atoms with E-state index >= 15 is 0 Å². The van der Waals surface area contributed by atoms with Gasteiger partial charge in [0, 0.05) is 12.0 Å². The van der Waals surface area contributed by atoms with Crippen LogP contribution in [0.15, 0.2) is 48.5 Å². The highest BCUT2D eigenvalue weighted by molar-refractivity contribution is 5.95. The van der Waals surface area contributed by atoms with Crippen molar-refractivity contribution in [3.63, 3.8) is 0 Å². The summed E-state index contributed by atoms with van der Waals surface area (Å²) in [6.07, 6.45) is 1.92. The summed E-state index contributed by atoms with van der Waals surface area (Å²) >= 11 is 0. The first kappa shape index (κ1) is 23.1. The average molecular weight is 411 g/mol. The number of carbonyl (C=O) groups is 2. The number of methoxy groups -OCH3 is 1. The molecule has 1 amide bonds. The van der Waals surface area contributed by atoms with Crippen molar-refractivity contribution in [3.05, 3.63) is 65.2 Å². The third-order valence-corrected chi connectivity index (χ3v) is 5.00. The molecule has 2 rings (SSSR count). The van der Waals surface area contributed by atoms with Gasteiger partial charge in [0.1, 0.15) is 11.6 Å². The lowest BCUT2D eigenvalue weighted by atomic mass is 10.0. The number of nitrogen functional groups attached to an aromatic ring is 1. The molecule has 30 heavy (non-hydrogen) atoms. The van der Waals surface area contributed by atoms with Crippen LogP contribution >= 0.6 is 0 Å². The second-order valence-electron chi connectivity index (χ2n) is 7.27. The lowest BCUT2D eigenvalue weighted by Gasteiger charge is -2.17. The fourth-order valence-corrected chi connectivity index (χ4v) is 3.09. The molecule has 0 bridgehead atoms. The molecule has 7 heteroatoms. The van der Waals surface area contributed by atoms with Gasteiger partial charge in [0.25, 0.3) is 0 Å². The molecule has 0 unspecified atom stereocenters. The van der Waals surface area contributed by atoms with Crippen LogP contribution in [-0.4, -0.2) is 36.7 Å². The highest BCUT2D eigenvalue weighted by Gasteiger charge is 2.20. The van der Waals surface area contributed by atoms with Crippen molar-refractivity contribution in [2.75, 3.05) is 7.11 Å². The Balaban J connectivity index is 1.84. The van der Waals surface area contributed by atoms with Gasteiger partial charge in [0.05, 0.1) is 19.2 Å². The lowest BCUT2D eigenvalue weighted by molar-refractivity contribution is -0.128. The SMILES string of the molecule is COc1cc(C(=N)N)ccc1CCC(=O)[C@H](C)NC(=O)[C@H](N)CCc1ccccc1. The molecule has 0 heterocycles. The molecule has 0 radical (unpaired) electrons. The van der Waals surface area contributed by atoms with E-state index in [-0.39, 0.29) is 23.9 Å². The maximum Gasteiger partial charge on any atom is 0.237 e. The Morgan fingerprint density at radius 2 is 1.83 bits per heavy atom. The Bertz CT molecular complexity index is 883. The van der Waals surface area contributed by atoms with Gasteiger partial charge in [-0.25, -0.2) is 0 Å². The first-order valence-electron chi connectivity index (χ1n) is 9.95. The molecule has 0 saturated heterocycles. The highest BCUT2D eigenvalue weighted by Crippen LogP contribution is 2.22. The van der Waals surface area contributed by atoms with Gasteiger partial charge in [-0.2, -0.15) is 0 Å². The van der Waals surface area contributed by atoms with E-state index in [1.165, 1.54) is 7.11 Å². The number of nitrogens with one attached hydrogen (secondary N) is 2. The van der Waals surface area contributed by atoms with Gasteiger partial charge < -0.3 is 21.5 Å². The molecule has 7 nitrogen and oxygen atoms in total. The fourth-order valence-electron chi connectivity index (χ4n) is 3.09. The smallest absolute Gasteiger partial charge is 0.237 e. The van der Waals surface area contributed by atoms with Crippen LogP contribution in [0, 0.1) is 5.41 Å². The summed E-state index contributed by atoms with van der Waals surface area (Å²) in [6.45, 7) is 1.67. The van der Waals surface area contributed by atoms with Crippen LogP contribution in [0.3, 0.4) is 0 Å². The monoisotopic (exact) mass is 410 g/mol.